The Labute approximate surface area is 167 Å². The van der Waals surface area contributed by atoms with E-state index in [0.29, 0.717) is 13.1 Å². The molecular weight excluding hydrogens is 344 g/mol. The number of amides is 1. The predicted molar refractivity (Wildman–Crippen MR) is 115 cm³/mol. The number of likely N-dealkylation sites (N-methyl/N-ethyl adjacent to an activating group) is 1. The first kappa shape index (κ1) is 19.5. The number of rotatable bonds is 5. The molecule has 0 radical (unpaired) electrons. The van der Waals surface area contributed by atoms with Crippen LogP contribution in [-0.4, -0.2) is 30.4 Å². The summed E-state index contributed by atoms with van der Waals surface area (Å²) in [5.74, 6) is 6.10. The van der Waals surface area contributed by atoms with Crippen molar-refractivity contribution in [1.29, 1.82) is 0 Å². The van der Waals surface area contributed by atoms with Crippen molar-refractivity contribution in [2.24, 2.45) is 0 Å². The zero-order valence-electron chi connectivity index (χ0n) is 16.6. The van der Waals surface area contributed by atoms with Crippen molar-refractivity contribution in [3.05, 3.63) is 94.7 Å². The zero-order valence-corrected chi connectivity index (χ0v) is 16.6. The standard InChI is InChI=1S/C25H26N2O/c1-4-27-18-24(19(2)20(27)3)25(28)26-16-8-11-21-12-14-23(15-13-21)17-22-9-6-5-7-10-22/h5-7,9-10,12-15H,3-4,16-18H2,1-2H3,(H,26,28). The van der Waals surface area contributed by atoms with Gasteiger partial charge in [0.05, 0.1) is 6.54 Å². The van der Waals surface area contributed by atoms with Crippen LogP contribution in [0.4, 0.5) is 0 Å². The van der Waals surface area contributed by atoms with Crippen LogP contribution in [0.5, 0.6) is 0 Å². The molecule has 2 aromatic rings. The minimum atomic E-state index is -0.0536. The summed E-state index contributed by atoms with van der Waals surface area (Å²) in [6, 6.07) is 18.7. The summed E-state index contributed by atoms with van der Waals surface area (Å²) in [6.07, 6.45) is 0.916. The molecule has 1 amide bonds. The van der Waals surface area contributed by atoms with Crippen molar-refractivity contribution in [1.82, 2.24) is 10.2 Å². The van der Waals surface area contributed by atoms with E-state index in [1.54, 1.807) is 0 Å². The molecule has 1 aliphatic rings. The average molecular weight is 370 g/mol. The van der Waals surface area contributed by atoms with Gasteiger partial charge in [-0.1, -0.05) is 60.9 Å². The lowest BCUT2D eigenvalue weighted by molar-refractivity contribution is -0.117. The van der Waals surface area contributed by atoms with Crippen LogP contribution < -0.4 is 5.32 Å². The van der Waals surface area contributed by atoms with Crippen molar-refractivity contribution >= 4 is 5.91 Å². The summed E-state index contributed by atoms with van der Waals surface area (Å²) in [5, 5.41) is 2.90. The minimum absolute atomic E-state index is 0.0536. The Balaban J connectivity index is 1.52. The molecule has 2 aromatic carbocycles. The Kier molecular flexibility index (Phi) is 6.34. The molecule has 0 aromatic heterocycles. The van der Waals surface area contributed by atoms with Crippen LogP contribution in [0.3, 0.4) is 0 Å². The summed E-state index contributed by atoms with van der Waals surface area (Å²) >= 11 is 0. The van der Waals surface area contributed by atoms with E-state index in [2.05, 4.69) is 72.0 Å². The highest BCUT2D eigenvalue weighted by Gasteiger charge is 2.25. The number of allylic oxidation sites excluding steroid dienone is 1. The molecule has 142 valence electrons. The number of carbonyl (C=O) groups is 1. The molecule has 0 spiro atoms. The van der Waals surface area contributed by atoms with Gasteiger partial charge in [0.1, 0.15) is 0 Å². The van der Waals surface area contributed by atoms with Crippen molar-refractivity contribution in [3.63, 3.8) is 0 Å². The Morgan fingerprint density at radius 1 is 1.11 bits per heavy atom. The first-order chi connectivity index (χ1) is 13.6. The Morgan fingerprint density at radius 2 is 1.79 bits per heavy atom. The molecule has 3 heteroatoms. The smallest absolute Gasteiger partial charge is 0.250 e. The van der Waals surface area contributed by atoms with E-state index in [1.165, 1.54) is 11.1 Å². The van der Waals surface area contributed by atoms with Crippen LogP contribution in [0.25, 0.3) is 0 Å². The number of nitrogens with one attached hydrogen (secondary N) is 1. The van der Waals surface area contributed by atoms with Gasteiger partial charge in [-0.15, -0.1) is 0 Å². The van der Waals surface area contributed by atoms with E-state index in [4.69, 9.17) is 0 Å². The first-order valence-electron chi connectivity index (χ1n) is 9.62. The number of benzene rings is 2. The summed E-state index contributed by atoms with van der Waals surface area (Å²) in [6.45, 7) is 9.88. The van der Waals surface area contributed by atoms with E-state index in [-0.39, 0.29) is 5.91 Å². The van der Waals surface area contributed by atoms with E-state index in [0.717, 1.165) is 35.4 Å². The monoisotopic (exact) mass is 370 g/mol. The molecule has 28 heavy (non-hydrogen) atoms. The normalized spacial score (nSPS) is 13.4. The van der Waals surface area contributed by atoms with E-state index >= 15 is 0 Å². The Morgan fingerprint density at radius 3 is 2.43 bits per heavy atom. The van der Waals surface area contributed by atoms with Crippen molar-refractivity contribution in [2.45, 2.75) is 20.3 Å². The fourth-order valence-electron chi connectivity index (χ4n) is 3.28. The summed E-state index contributed by atoms with van der Waals surface area (Å²) < 4.78 is 0. The minimum Gasteiger partial charge on any atom is -0.368 e. The molecule has 0 bridgehead atoms. The third kappa shape index (κ3) is 4.72. The van der Waals surface area contributed by atoms with E-state index in [9.17, 15) is 4.79 Å². The molecule has 0 aliphatic carbocycles. The number of hydrogen-bond acceptors (Lipinski definition) is 2. The van der Waals surface area contributed by atoms with Gasteiger partial charge in [-0.2, -0.15) is 0 Å². The van der Waals surface area contributed by atoms with Gasteiger partial charge < -0.3 is 10.2 Å². The highest BCUT2D eigenvalue weighted by molar-refractivity contribution is 5.96. The first-order valence-corrected chi connectivity index (χ1v) is 9.62. The highest BCUT2D eigenvalue weighted by Crippen LogP contribution is 2.25. The molecule has 0 fully saturated rings. The van der Waals surface area contributed by atoms with E-state index in [1.807, 2.05) is 25.1 Å². The lowest BCUT2D eigenvalue weighted by Crippen LogP contribution is -2.28. The summed E-state index contributed by atoms with van der Waals surface area (Å²) in [5.41, 5.74) is 6.21. The molecular formula is C25H26N2O. The Bertz CT molecular complexity index is 944. The maximum absolute atomic E-state index is 12.4. The molecule has 1 N–H and O–H groups in total. The van der Waals surface area contributed by atoms with Crippen LogP contribution in [0.2, 0.25) is 0 Å². The van der Waals surface area contributed by atoms with Gasteiger partial charge in [0.2, 0.25) is 5.91 Å². The van der Waals surface area contributed by atoms with Crippen molar-refractivity contribution in [3.8, 4) is 11.8 Å². The van der Waals surface area contributed by atoms with Gasteiger partial charge >= 0.3 is 0 Å². The Hall–Kier alpha value is -3.25. The molecule has 3 rings (SSSR count). The second kappa shape index (κ2) is 9.10. The van der Waals surface area contributed by atoms with Gasteiger partial charge in [0, 0.05) is 29.9 Å². The maximum Gasteiger partial charge on any atom is 0.250 e. The number of nitrogens with zero attached hydrogens (tertiary/aromatic N) is 1. The van der Waals surface area contributed by atoms with Crippen molar-refractivity contribution in [2.75, 3.05) is 19.6 Å². The summed E-state index contributed by atoms with van der Waals surface area (Å²) in [7, 11) is 0. The van der Waals surface area contributed by atoms with Crippen LogP contribution in [-0.2, 0) is 11.2 Å². The van der Waals surface area contributed by atoms with Gasteiger partial charge in [-0.25, -0.2) is 0 Å². The van der Waals surface area contributed by atoms with Crippen LogP contribution >= 0.6 is 0 Å². The molecule has 0 saturated carbocycles. The lowest BCUT2D eigenvalue weighted by Gasteiger charge is -2.17. The number of carbonyl (C=O) groups excluding carboxylic acids is 1. The van der Waals surface area contributed by atoms with Gasteiger partial charge in [0.15, 0.2) is 0 Å². The van der Waals surface area contributed by atoms with Gasteiger partial charge in [-0.05, 0) is 49.1 Å². The second-order valence-electron chi connectivity index (χ2n) is 6.91. The van der Waals surface area contributed by atoms with Gasteiger partial charge in [-0.3, -0.25) is 4.79 Å². The SMILES string of the molecule is C=C1C(C)=C(C(=O)NCC#Cc2ccc(Cc3ccccc3)cc2)CN1CC. The summed E-state index contributed by atoms with van der Waals surface area (Å²) in [4.78, 5) is 14.5. The van der Waals surface area contributed by atoms with Crippen LogP contribution in [0.15, 0.2) is 78.0 Å². The third-order valence-corrected chi connectivity index (χ3v) is 5.05. The predicted octanol–water partition coefficient (Wildman–Crippen LogP) is 3.91. The maximum atomic E-state index is 12.4. The van der Waals surface area contributed by atoms with Gasteiger partial charge in [0.25, 0.3) is 0 Å². The largest absolute Gasteiger partial charge is 0.368 e. The van der Waals surface area contributed by atoms with Crippen LogP contribution in [0, 0.1) is 11.8 Å². The highest BCUT2D eigenvalue weighted by atomic mass is 16.1. The lowest BCUT2D eigenvalue weighted by atomic mass is 10.0. The molecule has 1 aliphatic heterocycles. The molecule has 0 atom stereocenters. The molecule has 0 saturated heterocycles. The van der Waals surface area contributed by atoms with Crippen LogP contribution in [0.1, 0.15) is 30.5 Å². The second-order valence-corrected chi connectivity index (χ2v) is 6.91. The molecule has 1 heterocycles. The quantitative estimate of drug-likeness (QED) is 0.810. The molecule has 0 unspecified atom stereocenters. The van der Waals surface area contributed by atoms with E-state index < -0.39 is 0 Å². The fourth-order valence-corrected chi connectivity index (χ4v) is 3.28. The van der Waals surface area contributed by atoms with Crippen molar-refractivity contribution < 1.29 is 4.79 Å². The third-order valence-electron chi connectivity index (χ3n) is 5.05. The topological polar surface area (TPSA) is 32.3 Å². The fraction of sp³-hybridized carbons (Fsp3) is 0.240. The zero-order chi connectivity index (χ0) is 19.9. The average Bonchev–Trinajstić information content (AvgIpc) is 3.01. The molecule has 3 nitrogen and oxygen atoms in total. The number of hydrogen-bond donors (Lipinski definition) is 1.